The Morgan fingerprint density at radius 3 is 2.70 bits per heavy atom. The fraction of sp³-hybridized carbons (Fsp3) is 0.400. The third kappa shape index (κ3) is 3.65. The maximum Gasteiger partial charge on any atom is 0.129 e. The highest BCUT2D eigenvalue weighted by Gasteiger charge is 2.16. The number of rotatable bonds is 5. The summed E-state index contributed by atoms with van der Waals surface area (Å²) >= 11 is 4.98. The fourth-order valence-corrected chi connectivity index (χ4v) is 3.28. The molecule has 0 saturated carbocycles. The largest absolute Gasteiger partial charge is 0.301 e. The number of nitrogens with one attached hydrogen (secondary N) is 1. The van der Waals surface area contributed by atoms with Crippen molar-refractivity contribution in [1.29, 1.82) is 0 Å². The predicted octanol–water partition coefficient (Wildman–Crippen LogP) is 5.02. The summed E-state index contributed by atoms with van der Waals surface area (Å²) in [7, 11) is 0. The average Bonchev–Trinajstić information content (AvgIpc) is 2.87. The molecule has 0 aliphatic heterocycles. The number of hydrogen-bond acceptors (Lipinski definition) is 3. The van der Waals surface area contributed by atoms with Crippen molar-refractivity contribution in [3.8, 4) is 0 Å². The summed E-state index contributed by atoms with van der Waals surface area (Å²) in [5, 5.41) is 4.45. The third-order valence-corrected chi connectivity index (χ3v) is 5.04. The second-order valence-electron chi connectivity index (χ2n) is 4.79. The van der Waals surface area contributed by atoms with Gasteiger partial charge in [0, 0.05) is 27.2 Å². The van der Waals surface area contributed by atoms with Gasteiger partial charge in [0.1, 0.15) is 10.8 Å². The molecule has 0 aliphatic rings. The minimum atomic E-state index is -0.194. The number of aromatic nitrogens is 1. The van der Waals surface area contributed by atoms with Crippen molar-refractivity contribution in [2.45, 2.75) is 39.3 Å². The third-order valence-electron chi connectivity index (χ3n) is 3.22. The van der Waals surface area contributed by atoms with Gasteiger partial charge < -0.3 is 5.32 Å². The molecule has 0 amide bonds. The summed E-state index contributed by atoms with van der Waals surface area (Å²) in [6.45, 7) is 6.15. The Kier molecular flexibility index (Phi) is 5.29. The maximum atomic E-state index is 13.9. The normalized spacial score (nSPS) is 14.2. The first-order valence-corrected chi connectivity index (χ1v) is 8.27. The van der Waals surface area contributed by atoms with E-state index in [2.05, 4.69) is 40.1 Å². The quantitative estimate of drug-likeness (QED) is 0.813. The minimum Gasteiger partial charge on any atom is -0.301 e. The Bertz CT molecular complexity index is 585. The molecule has 2 unspecified atom stereocenters. The van der Waals surface area contributed by atoms with Crippen LogP contribution in [0.1, 0.15) is 48.3 Å². The monoisotopic (exact) mass is 356 g/mol. The molecule has 1 N–H and O–H groups in total. The minimum absolute atomic E-state index is 0.0629. The van der Waals surface area contributed by atoms with Gasteiger partial charge in [0.2, 0.25) is 0 Å². The zero-order valence-corrected chi connectivity index (χ0v) is 14.2. The van der Waals surface area contributed by atoms with Crippen molar-refractivity contribution in [3.05, 3.63) is 50.1 Å². The van der Waals surface area contributed by atoms with E-state index in [1.807, 2.05) is 25.3 Å². The second kappa shape index (κ2) is 6.78. The first kappa shape index (κ1) is 15.6. The molecule has 0 saturated heterocycles. The van der Waals surface area contributed by atoms with Gasteiger partial charge in [-0.15, -0.1) is 11.3 Å². The zero-order valence-electron chi connectivity index (χ0n) is 11.8. The number of thiazole rings is 1. The van der Waals surface area contributed by atoms with Gasteiger partial charge in [-0.3, -0.25) is 0 Å². The van der Waals surface area contributed by atoms with E-state index >= 15 is 0 Å². The van der Waals surface area contributed by atoms with Gasteiger partial charge in [0.25, 0.3) is 0 Å². The van der Waals surface area contributed by atoms with Crippen LogP contribution in [0, 0.1) is 5.82 Å². The number of nitrogens with zero attached hydrogens (tertiary/aromatic N) is 1. The van der Waals surface area contributed by atoms with E-state index in [0.29, 0.717) is 5.56 Å². The average molecular weight is 357 g/mol. The van der Waals surface area contributed by atoms with E-state index < -0.39 is 0 Å². The highest BCUT2D eigenvalue weighted by Crippen LogP contribution is 2.26. The van der Waals surface area contributed by atoms with E-state index in [1.165, 1.54) is 10.9 Å². The summed E-state index contributed by atoms with van der Waals surface area (Å²) in [5.74, 6) is -0.194. The second-order valence-corrected chi connectivity index (χ2v) is 6.86. The van der Waals surface area contributed by atoms with Crippen molar-refractivity contribution < 1.29 is 4.39 Å². The van der Waals surface area contributed by atoms with Crippen LogP contribution < -0.4 is 5.32 Å². The van der Waals surface area contributed by atoms with Gasteiger partial charge in [0.05, 0.1) is 6.04 Å². The molecule has 1 aromatic heterocycles. The highest BCUT2D eigenvalue weighted by atomic mass is 79.9. The van der Waals surface area contributed by atoms with E-state index in [1.54, 1.807) is 11.3 Å². The SMILES string of the molecule is CCc1cnc(C(C)NC(C)c2ccc(Br)cc2F)s1. The van der Waals surface area contributed by atoms with E-state index in [4.69, 9.17) is 0 Å². The number of benzene rings is 1. The van der Waals surface area contributed by atoms with Gasteiger partial charge >= 0.3 is 0 Å². The molecule has 2 aromatic rings. The molecule has 0 bridgehead atoms. The van der Waals surface area contributed by atoms with Crippen LogP contribution in [0.15, 0.2) is 28.9 Å². The highest BCUT2D eigenvalue weighted by molar-refractivity contribution is 9.10. The molecular weight excluding hydrogens is 339 g/mol. The molecule has 108 valence electrons. The van der Waals surface area contributed by atoms with Crippen LogP contribution in [0.25, 0.3) is 0 Å². The Balaban J connectivity index is 2.08. The van der Waals surface area contributed by atoms with Gasteiger partial charge in [-0.05, 0) is 32.4 Å². The lowest BCUT2D eigenvalue weighted by atomic mass is 10.1. The van der Waals surface area contributed by atoms with Crippen molar-refractivity contribution in [2.75, 3.05) is 0 Å². The molecule has 20 heavy (non-hydrogen) atoms. The van der Waals surface area contributed by atoms with Crippen LogP contribution in [0.4, 0.5) is 4.39 Å². The van der Waals surface area contributed by atoms with E-state index in [0.717, 1.165) is 15.9 Å². The fourth-order valence-electron chi connectivity index (χ4n) is 2.08. The Morgan fingerprint density at radius 2 is 2.10 bits per heavy atom. The zero-order chi connectivity index (χ0) is 14.7. The van der Waals surface area contributed by atoms with Crippen molar-refractivity contribution in [3.63, 3.8) is 0 Å². The first-order chi connectivity index (χ1) is 9.51. The molecule has 0 aliphatic carbocycles. The molecular formula is C15H18BrFN2S. The molecule has 1 aromatic carbocycles. The maximum absolute atomic E-state index is 13.9. The van der Waals surface area contributed by atoms with Crippen molar-refractivity contribution in [1.82, 2.24) is 10.3 Å². The molecule has 0 spiro atoms. The summed E-state index contributed by atoms with van der Waals surface area (Å²) in [6, 6.07) is 5.21. The van der Waals surface area contributed by atoms with Crippen LogP contribution in [0.2, 0.25) is 0 Å². The molecule has 2 rings (SSSR count). The predicted molar refractivity (Wildman–Crippen MR) is 85.6 cm³/mol. The van der Waals surface area contributed by atoms with Crippen molar-refractivity contribution >= 4 is 27.3 Å². The van der Waals surface area contributed by atoms with Crippen LogP contribution in [0.5, 0.6) is 0 Å². The van der Waals surface area contributed by atoms with Crippen LogP contribution in [-0.2, 0) is 6.42 Å². The standard InChI is InChI=1S/C15H18BrFN2S/c1-4-12-8-18-15(20-12)10(3)19-9(2)13-6-5-11(16)7-14(13)17/h5-10,19H,4H2,1-3H3. The van der Waals surface area contributed by atoms with Gasteiger partial charge in [-0.1, -0.05) is 28.9 Å². The molecule has 5 heteroatoms. The number of halogens is 2. The lowest BCUT2D eigenvalue weighted by molar-refractivity contribution is 0.472. The Morgan fingerprint density at radius 1 is 1.35 bits per heavy atom. The molecule has 0 radical (unpaired) electrons. The Labute approximate surface area is 131 Å². The summed E-state index contributed by atoms with van der Waals surface area (Å²) in [5.41, 5.74) is 0.673. The lowest BCUT2D eigenvalue weighted by Crippen LogP contribution is -2.23. The molecule has 2 nitrogen and oxygen atoms in total. The van der Waals surface area contributed by atoms with Gasteiger partial charge in [0.15, 0.2) is 0 Å². The van der Waals surface area contributed by atoms with Crippen LogP contribution in [-0.4, -0.2) is 4.98 Å². The summed E-state index contributed by atoms with van der Waals surface area (Å²) in [6.07, 6.45) is 2.92. The van der Waals surface area contributed by atoms with Crippen molar-refractivity contribution in [2.24, 2.45) is 0 Å². The van der Waals surface area contributed by atoms with E-state index in [9.17, 15) is 4.39 Å². The van der Waals surface area contributed by atoms with Crippen LogP contribution in [0.3, 0.4) is 0 Å². The summed E-state index contributed by atoms with van der Waals surface area (Å²) in [4.78, 5) is 5.70. The van der Waals surface area contributed by atoms with Gasteiger partial charge in [-0.2, -0.15) is 0 Å². The topological polar surface area (TPSA) is 24.9 Å². The number of aryl methyl sites for hydroxylation is 1. The van der Waals surface area contributed by atoms with Gasteiger partial charge in [-0.25, -0.2) is 9.37 Å². The molecule has 2 atom stereocenters. The molecule has 0 fully saturated rings. The summed E-state index contributed by atoms with van der Waals surface area (Å²) < 4.78 is 14.7. The van der Waals surface area contributed by atoms with Crippen LogP contribution >= 0.6 is 27.3 Å². The first-order valence-electron chi connectivity index (χ1n) is 6.66. The number of hydrogen-bond donors (Lipinski definition) is 1. The smallest absolute Gasteiger partial charge is 0.129 e. The Hall–Kier alpha value is -0.780. The lowest BCUT2D eigenvalue weighted by Gasteiger charge is -2.19. The molecule has 1 heterocycles. The van der Waals surface area contributed by atoms with E-state index in [-0.39, 0.29) is 17.9 Å².